The summed E-state index contributed by atoms with van der Waals surface area (Å²) in [5, 5.41) is 3.00. The highest BCUT2D eigenvalue weighted by molar-refractivity contribution is 5.79. The van der Waals surface area contributed by atoms with Crippen molar-refractivity contribution in [3.63, 3.8) is 0 Å². The van der Waals surface area contributed by atoms with Crippen LogP contribution in [0.2, 0.25) is 0 Å². The summed E-state index contributed by atoms with van der Waals surface area (Å²) in [6.07, 6.45) is 15.7. The first-order chi connectivity index (χ1) is 13.2. The smallest absolute Gasteiger partial charge is 0.321 e. The summed E-state index contributed by atoms with van der Waals surface area (Å²) in [6.45, 7) is 2.92. The van der Waals surface area contributed by atoms with E-state index < -0.39 is 0 Å². The molecule has 4 rings (SSSR count). The molecule has 27 heavy (non-hydrogen) atoms. The molecule has 0 aromatic rings. The van der Waals surface area contributed by atoms with Crippen molar-refractivity contribution in [2.24, 2.45) is 11.8 Å². The Bertz CT molecular complexity index is 639. The fourth-order valence-electron chi connectivity index (χ4n) is 5.28. The van der Waals surface area contributed by atoms with Gasteiger partial charge in [-0.3, -0.25) is 9.69 Å². The van der Waals surface area contributed by atoms with Crippen molar-refractivity contribution in [1.29, 1.82) is 0 Å². The fraction of sp³-hybridized carbons (Fsp3) is 0.727. The maximum Gasteiger partial charge on any atom is 0.321 e. The number of hydrogen-bond acceptors (Lipinski definition) is 2. The van der Waals surface area contributed by atoms with Crippen molar-refractivity contribution in [3.05, 3.63) is 23.4 Å². The van der Waals surface area contributed by atoms with Gasteiger partial charge in [-0.2, -0.15) is 0 Å². The molecule has 0 radical (unpaired) electrons. The molecular formula is C22H33N3O2. The van der Waals surface area contributed by atoms with Gasteiger partial charge in [-0.25, -0.2) is 4.79 Å². The van der Waals surface area contributed by atoms with E-state index in [9.17, 15) is 9.59 Å². The van der Waals surface area contributed by atoms with Crippen molar-refractivity contribution >= 4 is 11.9 Å². The van der Waals surface area contributed by atoms with Gasteiger partial charge in [-0.15, -0.1) is 0 Å². The highest BCUT2D eigenvalue weighted by Crippen LogP contribution is 2.35. The van der Waals surface area contributed by atoms with Gasteiger partial charge in [0, 0.05) is 38.3 Å². The van der Waals surface area contributed by atoms with Crippen molar-refractivity contribution in [3.8, 4) is 0 Å². The molecule has 2 unspecified atom stereocenters. The third-order valence-electron chi connectivity index (χ3n) is 6.80. The first-order valence-electron chi connectivity index (χ1n) is 10.9. The Morgan fingerprint density at radius 3 is 2.63 bits per heavy atom. The quantitative estimate of drug-likeness (QED) is 0.767. The van der Waals surface area contributed by atoms with Gasteiger partial charge in [0.15, 0.2) is 0 Å². The second kappa shape index (κ2) is 8.49. The monoisotopic (exact) mass is 371 g/mol. The maximum absolute atomic E-state index is 12.6. The average molecular weight is 372 g/mol. The summed E-state index contributed by atoms with van der Waals surface area (Å²) in [5.74, 6) is 1.44. The number of rotatable bonds is 3. The van der Waals surface area contributed by atoms with Crippen molar-refractivity contribution in [2.75, 3.05) is 26.2 Å². The molecule has 2 heterocycles. The third-order valence-corrected chi connectivity index (χ3v) is 6.80. The molecule has 2 saturated heterocycles. The number of nitrogens with one attached hydrogen (secondary N) is 1. The number of carbonyl (C=O) groups is 2. The van der Waals surface area contributed by atoms with Gasteiger partial charge < -0.3 is 10.2 Å². The predicted molar refractivity (Wildman–Crippen MR) is 106 cm³/mol. The second-order valence-corrected chi connectivity index (χ2v) is 8.54. The van der Waals surface area contributed by atoms with Crippen molar-refractivity contribution in [1.82, 2.24) is 15.1 Å². The van der Waals surface area contributed by atoms with Gasteiger partial charge in [0.25, 0.3) is 0 Å². The van der Waals surface area contributed by atoms with Crippen LogP contribution in [0.5, 0.6) is 0 Å². The topological polar surface area (TPSA) is 52.7 Å². The van der Waals surface area contributed by atoms with Crippen LogP contribution >= 0.6 is 0 Å². The summed E-state index contributed by atoms with van der Waals surface area (Å²) in [4.78, 5) is 29.1. The number of carbonyl (C=O) groups excluding carboxylic acids is 2. The molecule has 2 atom stereocenters. The molecule has 148 valence electrons. The Labute approximate surface area is 162 Å². The number of likely N-dealkylation sites (tertiary alicyclic amines) is 2. The molecule has 5 heteroatoms. The summed E-state index contributed by atoms with van der Waals surface area (Å²) in [5.41, 5.74) is 2.69. The lowest BCUT2D eigenvalue weighted by molar-refractivity contribution is -0.131. The fourth-order valence-corrected chi connectivity index (χ4v) is 5.28. The Morgan fingerprint density at radius 1 is 0.963 bits per heavy atom. The largest absolute Gasteiger partial charge is 0.339 e. The first-order valence-corrected chi connectivity index (χ1v) is 10.9. The van der Waals surface area contributed by atoms with E-state index in [1.54, 1.807) is 0 Å². The number of hydrogen-bond donors (Lipinski definition) is 1. The molecule has 2 aliphatic heterocycles. The van der Waals surface area contributed by atoms with Gasteiger partial charge in [0.2, 0.25) is 5.91 Å². The molecule has 1 N–H and O–H groups in total. The van der Waals surface area contributed by atoms with E-state index in [1.807, 2.05) is 9.80 Å². The van der Waals surface area contributed by atoms with E-state index in [0.717, 1.165) is 45.3 Å². The summed E-state index contributed by atoms with van der Waals surface area (Å²) in [7, 11) is 0. The molecule has 0 saturated carbocycles. The molecule has 4 aliphatic rings. The molecule has 0 spiro atoms. The molecule has 3 amide bonds. The molecule has 0 bridgehead atoms. The van der Waals surface area contributed by atoms with E-state index in [-0.39, 0.29) is 11.9 Å². The molecule has 0 aromatic heterocycles. The van der Waals surface area contributed by atoms with Crippen molar-refractivity contribution in [2.45, 2.75) is 64.2 Å². The van der Waals surface area contributed by atoms with Crippen LogP contribution in [0.15, 0.2) is 23.4 Å². The van der Waals surface area contributed by atoms with E-state index in [1.165, 1.54) is 43.4 Å². The summed E-state index contributed by atoms with van der Waals surface area (Å²) in [6, 6.07) is -0.0191. The van der Waals surface area contributed by atoms with Crippen LogP contribution in [0, 0.1) is 11.8 Å². The zero-order chi connectivity index (χ0) is 18.6. The SMILES string of the molecule is O=C(CCNC(=O)N1CCCC2CCCC=C21)N1CCC2CCCC=C2C1. The molecule has 0 aromatic carbocycles. The lowest BCUT2D eigenvalue weighted by Crippen LogP contribution is -2.46. The third kappa shape index (κ3) is 4.22. The predicted octanol–water partition coefficient (Wildman–Crippen LogP) is 3.82. The van der Waals surface area contributed by atoms with Crippen LogP contribution in [0.3, 0.4) is 0 Å². The molecule has 2 aliphatic carbocycles. The Balaban J connectivity index is 1.24. The number of fused-ring (bicyclic) bond motifs is 2. The second-order valence-electron chi connectivity index (χ2n) is 8.54. The highest BCUT2D eigenvalue weighted by atomic mass is 16.2. The van der Waals surface area contributed by atoms with Gasteiger partial charge in [-0.05, 0) is 69.6 Å². The zero-order valence-electron chi connectivity index (χ0n) is 16.4. The number of urea groups is 1. The minimum atomic E-state index is -0.0191. The Hall–Kier alpha value is -1.78. The van der Waals surface area contributed by atoms with Crippen molar-refractivity contribution < 1.29 is 9.59 Å². The van der Waals surface area contributed by atoms with Gasteiger partial charge in [-0.1, -0.05) is 17.7 Å². The van der Waals surface area contributed by atoms with Crippen LogP contribution < -0.4 is 5.32 Å². The van der Waals surface area contributed by atoms with Gasteiger partial charge >= 0.3 is 6.03 Å². The van der Waals surface area contributed by atoms with E-state index in [4.69, 9.17) is 0 Å². The van der Waals surface area contributed by atoms with Crippen LogP contribution in [0.4, 0.5) is 4.79 Å². The zero-order valence-corrected chi connectivity index (χ0v) is 16.4. The van der Waals surface area contributed by atoms with Crippen LogP contribution in [0.1, 0.15) is 64.2 Å². The number of amides is 3. The molecule has 5 nitrogen and oxygen atoms in total. The Morgan fingerprint density at radius 2 is 1.74 bits per heavy atom. The normalized spacial score (nSPS) is 27.9. The lowest BCUT2D eigenvalue weighted by Gasteiger charge is -2.38. The van der Waals surface area contributed by atoms with Crippen LogP contribution in [-0.2, 0) is 4.79 Å². The maximum atomic E-state index is 12.6. The summed E-state index contributed by atoms with van der Waals surface area (Å²) >= 11 is 0. The average Bonchev–Trinajstić information content (AvgIpc) is 2.72. The minimum absolute atomic E-state index is 0.0191. The number of nitrogens with zero attached hydrogens (tertiary/aromatic N) is 2. The van der Waals surface area contributed by atoms with E-state index in [2.05, 4.69) is 17.5 Å². The molecular weight excluding hydrogens is 338 g/mol. The van der Waals surface area contributed by atoms with E-state index >= 15 is 0 Å². The van der Waals surface area contributed by atoms with Gasteiger partial charge in [0.05, 0.1) is 0 Å². The minimum Gasteiger partial charge on any atom is -0.339 e. The van der Waals surface area contributed by atoms with Gasteiger partial charge in [0.1, 0.15) is 0 Å². The van der Waals surface area contributed by atoms with Crippen LogP contribution in [0.25, 0.3) is 0 Å². The first kappa shape index (κ1) is 18.6. The Kier molecular flexibility index (Phi) is 5.84. The lowest BCUT2D eigenvalue weighted by atomic mass is 9.82. The summed E-state index contributed by atoms with van der Waals surface area (Å²) < 4.78 is 0. The molecule has 2 fully saturated rings. The number of allylic oxidation sites excluding steroid dienone is 3. The number of piperidine rings is 2. The van der Waals surface area contributed by atoms with E-state index in [0.29, 0.717) is 24.8 Å². The highest BCUT2D eigenvalue weighted by Gasteiger charge is 2.31. The standard InChI is InChI=1S/C22H33N3O2/c26-21(24-15-12-17-6-1-2-8-19(17)16-24)11-13-23-22(27)25-14-5-9-18-7-3-4-10-20(18)25/h8,10,17-18H,1-7,9,11-16H2,(H,23,27). The van der Waals surface area contributed by atoms with Crippen LogP contribution in [-0.4, -0.2) is 47.9 Å².